The minimum absolute atomic E-state index is 0.00702. The smallest absolute Gasteiger partial charge is 0.420 e. The molecule has 4 heterocycles. The van der Waals surface area contributed by atoms with Gasteiger partial charge in [-0.25, -0.2) is 22.5 Å². The van der Waals surface area contributed by atoms with Gasteiger partial charge in [0.25, 0.3) is 0 Å². The zero-order valence-corrected chi connectivity index (χ0v) is 44.9. The van der Waals surface area contributed by atoms with Crippen molar-refractivity contribution in [1.29, 1.82) is 0 Å². The first-order valence-corrected chi connectivity index (χ1v) is 27.9. The van der Waals surface area contributed by atoms with Gasteiger partial charge in [-0.2, -0.15) is 15.1 Å². The van der Waals surface area contributed by atoms with E-state index in [-0.39, 0.29) is 75.7 Å². The van der Waals surface area contributed by atoms with Gasteiger partial charge in [0.05, 0.1) is 149 Å². The summed E-state index contributed by atoms with van der Waals surface area (Å²) in [4.78, 5) is 51.5. The number of hydrogen-bond acceptors (Lipinski definition) is 22. The zero-order valence-electron chi connectivity index (χ0n) is 42.4. The van der Waals surface area contributed by atoms with Crippen molar-refractivity contribution in [2.75, 3.05) is 122 Å². The minimum atomic E-state index is -2.31. The number of halogens is 4. The summed E-state index contributed by atoms with van der Waals surface area (Å²) in [7, 11) is -4.52. The maximum absolute atomic E-state index is 13.6. The molecule has 1 amide bonds. The van der Waals surface area contributed by atoms with E-state index in [9.17, 15) is 27.3 Å². The van der Waals surface area contributed by atoms with E-state index >= 15 is 0 Å². The molecular formula is C47H62ClF3N9O16P2+. The molecular weight excluding hydrogens is 1100 g/mol. The molecule has 3 atom stereocenters. The van der Waals surface area contributed by atoms with Crippen LogP contribution < -0.4 is 15.4 Å². The largest absolute Gasteiger partial charge is 0.517 e. The molecule has 0 aliphatic carbocycles. The van der Waals surface area contributed by atoms with Crippen LogP contribution in [0.5, 0.6) is 5.75 Å². The topological polar surface area (TPSA) is 292 Å². The SMILES string of the molecule is O=C(CCOCCOCCOCCOCc1cn(CCOCCOCCOCCOCCC(=O)Oc2c(F)cc(F)cc2F)nn1)Nc1ccccc1CNc1nc(Cl)nc2c1cnn2C1CCC(CO[P+](=O)CP(O)O)O1. The monoisotopic (exact) mass is 1160 g/mol. The van der Waals surface area contributed by atoms with E-state index in [0.717, 1.165) is 5.56 Å². The lowest BCUT2D eigenvalue weighted by molar-refractivity contribution is -0.136. The minimum Gasteiger partial charge on any atom is -0.420 e. The van der Waals surface area contributed by atoms with Crippen LogP contribution in [0.2, 0.25) is 5.28 Å². The van der Waals surface area contributed by atoms with Gasteiger partial charge in [-0.05, 0) is 40.6 Å². The van der Waals surface area contributed by atoms with Crippen LogP contribution in [0.25, 0.3) is 11.0 Å². The van der Waals surface area contributed by atoms with Crippen LogP contribution >= 0.6 is 28.0 Å². The second kappa shape index (κ2) is 34.9. The zero-order chi connectivity index (χ0) is 55.3. The molecule has 0 radical (unpaired) electrons. The van der Waals surface area contributed by atoms with Crippen LogP contribution in [0.15, 0.2) is 48.8 Å². The van der Waals surface area contributed by atoms with Crippen LogP contribution in [-0.4, -0.2) is 174 Å². The normalized spacial score (nSPS) is 14.7. The molecule has 3 unspecified atom stereocenters. The number of benzene rings is 2. The molecule has 6 rings (SSSR count). The Kier molecular flexibility index (Phi) is 27.8. The highest BCUT2D eigenvalue weighted by molar-refractivity contribution is 7.60. The third-order valence-corrected chi connectivity index (χ3v) is 13.3. The first-order valence-electron chi connectivity index (χ1n) is 24.7. The quantitative estimate of drug-likeness (QED) is 0.0125. The second-order valence-electron chi connectivity index (χ2n) is 16.6. The molecule has 31 heteroatoms. The van der Waals surface area contributed by atoms with Gasteiger partial charge < -0.3 is 67.8 Å². The maximum atomic E-state index is 13.6. The van der Waals surface area contributed by atoms with Crippen molar-refractivity contribution in [3.63, 3.8) is 0 Å². The van der Waals surface area contributed by atoms with Crippen LogP contribution in [-0.2, 0) is 81.0 Å². The fraction of sp³-hybridized carbons (Fsp3) is 0.553. The van der Waals surface area contributed by atoms with Crippen LogP contribution in [0.1, 0.15) is 43.2 Å². The third kappa shape index (κ3) is 22.6. The fourth-order valence-corrected chi connectivity index (χ4v) is 8.76. The number of nitrogens with zero attached hydrogens (tertiary/aromatic N) is 7. The summed E-state index contributed by atoms with van der Waals surface area (Å²) in [5.74, 6) is -5.74. The molecule has 5 aromatic rings. The number of esters is 1. The molecule has 428 valence electrons. The number of rotatable bonds is 40. The molecule has 0 saturated carbocycles. The highest BCUT2D eigenvalue weighted by Gasteiger charge is 2.33. The maximum Gasteiger partial charge on any atom is 0.517 e. The molecule has 1 saturated heterocycles. The summed E-state index contributed by atoms with van der Waals surface area (Å²) in [5, 5.41) is 19.5. The highest BCUT2D eigenvalue weighted by Crippen LogP contribution is 2.40. The van der Waals surface area contributed by atoms with E-state index in [1.807, 2.05) is 18.2 Å². The number of para-hydroxylation sites is 1. The Labute approximate surface area is 453 Å². The lowest BCUT2D eigenvalue weighted by Crippen LogP contribution is -2.17. The predicted octanol–water partition coefficient (Wildman–Crippen LogP) is 5.45. The van der Waals surface area contributed by atoms with Gasteiger partial charge in [-0.1, -0.05) is 23.4 Å². The van der Waals surface area contributed by atoms with Crippen molar-refractivity contribution >= 4 is 62.4 Å². The summed E-state index contributed by atoms with van der Waals surface area (Å²) in [6.07, 6.45) is 3.58. The van der Waals surface area contributed by atoms with E-state index < -0.39 is 51.8 Å². The van der Waals surface area contributed by atoms with Crippen LogP contribution in [0.3, 0.4) is 0 Å². The fourth-order valence-electron chi connectivity index (χ4n) is 7.11. The second-order valence-corrected chi connectivity index (χ2v) is 19.8. The molecule has 0 bridgehead atoms. The number of ether oxygens (including phenoxy) is 10. The van der Waals surface area contributed by atoms with E-state index in [0.29, 0.717) is 139 Å². The van der Waals surface area contributed by atoms with E-state index in [1.54, 1.807) is 27.8 Å². The summed E-state index contributed by atoms with van der Waals surface area (Å²) in [6.45, 7) is 5.49. The van der Waals surface area contributed by atoms with Crippen molar-refractivity contribution in [2.45, 2.75) is 57.7 Å². The number of fused-ring (bicyclic) bond motifs is 1. The summed E-state index contributed by atoms with van der Waals surface area (Å²) < 4.78 is 115. The summed E-state index contributed by atoms with van der Waals surface area (Å²) in [5.41, 5.74) is 2.52. The number of nitrogens with one attached hydrogen (secondary N) is 2. The number of hydrogen-bond donors (Lipinski definition) is 4. The third-order valence-electron chi connectivity index (χ3n) is 10.8. The van der Waals surface area contributed by atoms with Gasteiger partial charge in [-0.15, -0.1) is 9.62 Å². The van der Waals surface area contributed by atoms with Crippen LogP contribution in [0.4, 0.5) is 24.7 Å². The van der Waals surface area contributed by atoms with Crippen molar-refractivity contribution in [2.24, 2.45) is 0 Å². The summed E-state index contributed by atoms with van der Waals surface area (Å²) >= 11 is 6.34. The van der Waals surface area contributed by atoms with Gasteiger partial charge >= 0.3 is 14.0 Å². The van der Waals surface area contributed by atoms with E-state index in [4.69, 9.17) is 68.5 Å². The lowest BCUT2D eigenvalue weighted by atomic mass is 10.1. The molecule has 1 aliphatic heterocycles. The first kappa shape index (κ1) is 62.2. The Morgan fingerprint density at radius 3 is 2.09 bits per heavy atom. The molecule has 4 N–H and O–H groups in total. The van der Waals surface area contributed by atoms with E-state index in [2.05, 4.69) is 40.7 Å². The van der Waals surface area contributed by atoms with Gasteiger partial charge in [0.2, 0.25) is 31.2 Å². The van der Waals surface area contributed by atoms with Crippen LogP contribution in [0, 0.1) is 17.5 Å². The number of anilines is 2. The van der Waals surface area contributed by atoms with Gasteiger partial charge in [0.15, 0.2) is 23.5 Å². The van der Waals surface area contributed by atoms with Gasteiger partial charge in [-0.3, -0.25) is 9.59 Å². The summed E-state index contributed by atoms with van der Waals surface area (Å²) in [6, 6.07) is 8.19. The highest BCUT2D eigenvalue weighted by atomic mass is 35.5. The van der Waals surface area contributed by atoms with Crippen molar-refractivity contribution in [1.82, 2.24) is 34.7 Å². The number of carbonyl (C=O) groups excluding carboxylic acids is 2. The standard InChI is InChI=1S/C47H61ClF3N9O16P2/c48-47-55-45(37-28-53-60(46(37)56-47)42-6-5-36(75-42)31-74-78(65)32-77(63)64)52-27-33-3-1-2-4-40(33)54-41(61)7-10-66-13-16-69-21-22-72-23-24-73-30-35-29-59(58-57-35)9-12-68-15-18-71-20-19-70-17-14-67-11-8-43(62)76-44-38(50)25-34(49)26-39(44)51/h1-4,25-26,28-29,36,42,63-64H,5-24,27,30-32H2,(H-,52,53,54,55,56,61)/p+1. The van der Waals surface area contributed by atoms with Crippen molar-refractivity contribution < 1.29 is 89.0 Å². The first-order chi connectivity index (χ1) is 37.9. The van der Waals surface area contributed by atoms with Crippen molar-refractivity contribution in [3.8, 4) is 5.75 Å². The molecule has 0 spiro atoms. The number of aromatic nitrogens is 7. The Morgan fingerprint density at radius 2 is 1.42 bits per heavy atom. The average molecular weight is 1160 g/mol. The Hall–Kier alpha value is -5.00. The molecule has 78 heavy (non-hydrogen) atoms. The molecule has 1 aliphatic rings. The lowest BCUT2D eigenvalue weighted by Gasteiger charge is -2.14. The molecule has 3 aromatic heterocycles. The number of carbonyl (C=O) groups is 2. The van der Waals surface area contributed by atoms with Crippen molar-refractivity contribution in [3.05, 3.63) is 82.8 Å². The number of amides is 1. The predicted molar refractivity (Wildman–Crippen MR) is 272 cm³/mol. The van der Waals surface area contributed by atoms with Gasteiger partial charge in [0.1, 0.15) is 23.9 Å². The van der Waals surface area contributed by atoms with E-state index in [1.165, 1.54) is 0 Å². The molecule has 2 aromatic carbocycles. The molecule has 1 fully saturated rings. The Balaban J connectivity index is 0.707. The average Bonchev–Trinajstić information content (AvgIpc) is 4.23. The van der Waals surface area contributed by atoms with Gasteiger partial charge in [0, 0.05) is 24.4 Å². The Bertz CT molecular complexity index is 2610. The molecule has 25 nitrogen and oxygen atoms in total. The Morgan fingerprint density at radius 1 is 0.808 bits per heavy atom.